The van der Waals surface area contributed by atoms with Crippen molar-refractivity contribution in [2.24, 2.45) is 0 Å². The van der Waals surface area contributed by atoms with E-state index in [4.69, 9.17) is 21.1 Å². The molecule has 0 bridgehead atoms. The molecule has 5 rings (SSSR count). The summed E-state index contributed by atoms with van der Waals surface area (Å²) in [4.78, 5) is 14.6. The van der Waals surface area contributed by atoms with Gasteiger partial charge < -0.3 is 14.8 Å². The molecule has 37 heavy (non-hydrogen) atoms. The molecule has 0 unspecified atom stereocenters. The van der Waals surface area contributed by atoms with Crippen LogP contribution in [0.1, 0.15) is 25.7 Å². The summed E-state index contributed by atoms with van der Waals surface area (Å²) in [6.45, 7) is 1.24. The zero-order valence-electron chi connectivity index (χ0n) is 19.8. The summed E-state index contributed by atoms with van der Waals surface area (Å²) in [7, 11) is -3.50. The smallest absolute Gasteiger partial charge is 0.265 e. The topological polar surface area (TPSA) is 93.7 Å². The Labute approximate surface area is 224 Å². The number of carbonyl (C=O) groups is 1. The predicted octanol–water partition coefficient (Wildman–Crippen LogP) is 6.30. The lowest BCUT2D eigenvalue weighted by molar-refractivity contribution is 0.103. The first-order valence-corrected chi connectivity index (χ1v) is 14.4. The van der Waals surface area contributed by atoms with Crippen molar-refractivity contribution in [2.45, 2.75) is 19.8 Å². The van der Waals surface area contributed by atoms with Crippen LogP contribution in [0.4, 0.5) is 11.4 Å². The van der Waals surface area contributed by atoms with Crippen molar-refractivity contribution >= 4 is 50.2 Å². The highest BCUT2D eigenvalue weighted by atomic mass is 35.5. The van der Waals surface area contributed by atoms with Crippen molar-refractivity contribution in [3.05, 3.63) is 98.7 Å². The molecule has 0 radical (unpaired) electrons. The van der Waals surface area contributed by atoms with Gasteiger partial charge in [-0.15, -0.1) is 11.3 Å². The van der Waals surface area contributed by atoms with Crippen molar-refractivity contribution in [3.63, 3.8) is 0 Å². The molecule has 1 aliphatic heterocycles. The summed E-state index contributed by atoms with van der Waals surface area (Å²) < 4.78 is 37.7. The predicted molar refractivity (Wildman–Crippen MR) is 147 cm³/mol. The summed E-state index contributed by atoms with van der Waals surface area (Å²) in [6, 6.07) is 22.2. The summed E-state index contributed by atoms with van der Waals surface area (Å²) >= 11 is 7.49. The van der Waals surface area contributed by atoms with Crippen molar-refractivity contribution in [1.29, 1.82) is 0 Å². The zero-order valence-corrected chi connectivity index (χ0v) is 22.2. The Kier molecular flexibility index (Phi) is 7.21. The van der Waals surface area contributed by atoms with Crippen LogP contribution in [0, 0.1) is 0 Å². The van der Waals surface area contributed by atoms with E-state index in [0.717, 1.165) is 39.1 Å². The molecule has 4 aromatic rings. The van der Waals surface area contributed by atoms with Gasteiger partial charge in [-0.05, 0) is 41.5 Å². The van der Waals surface area contributed by atoms with Crippen LogP contribution in [-0.4, -0.2) is 20.6 Å². The summed E-state index contributed by atoms with van der Waals surface area (Å²) in [5, 5.41) is 3.10. The van der Waals surface area contributed by atoms with Gasteiger partial charge in [0, 0.05) is 26.7 Å². The number of thiophene rings is 1. The first-order valence-electron chi connectivity index (χ1n) is 11.3. The van der Waals surface area contributed by atoms with Crippen molar-refractivity contribution < 1.29 is 22.7 Å². The molecule has 10 heteroatoms. The molecular formula is C27H23ClN2O5S2. The fraction of sp³-hybridized carbons (Fsp3) is 0.148. The van der Waals surface area contributed by atoms with E-state index in [1.54, 1.807) is 6.07 Å². The Bertz CT molecular complexity index is 1570. The molecule has 7 nitrogen and oxygen atoms in total. The molecule has 2 heterocycles. The molecule has 0 spiro atoms. The molecule has 1 aromatic heterocycles. The van der Waals surface area contributed by atoms with Gasteiger partial charge in [0.25, 0.3) is 5.91 Å². The number of sulfonamides is 1. The maximum Gasteiger partial charge on any atom is 0.265 e. The second-order valence-corrected chi connectivity index (χ2v) is 11.9. The molecule has 0 aliphatic carbocycles. The molecule has 190 valence electrons. The van der Waals surface area contributed by atoms with Gasteiger partial charge in [-0.3, -0.25) is 9.52 Å². The summed E-state index contributed by atoms with van der Waals surface area (Å²) in [6.07, 6.45) is 1.04. The maximum absolute atomic E-state index is 13.2. The van der Waals surface area contributed by atoms with Crippen LogP contribution in [0.15, 0.2) is 72.8 Å². The summed E-state index contributed by atoms with van der Waals surface area (Å²) in [5.41, 5.74) is 4.49. The van der Waals surface area contributed by atoms with Crippen LogP contribution in [0.2, 0.25) is 5.02 Å². The van der Waals surface area contributed by atoms with Crippen LogP contribution >= 0.6 is 22.9 Å². The third-order valence-corrected chi connectivity index (χ3v) is 7.53. The number of amides is 1. The van der Waals surface area contributed by atoms with Gasteiger partial charge in [-0.2, -0.15) is 0 Å². The summed E-state index contributed by atoms with van der Waals surface area (Å²) in [5.74, 6) is 0.388. The lowest BCUT2D eigenvalue weighted by Gasteiger charge is -2.14. The normalized spacial score (nSPS) is 12.7. The number of anilines is 2. The molecule has 2 N–H and O–H groups in total. The number of rotatable bonds is 7. The third kappa shape index (κ3) is 6.14. The second-order valence-electron chi connectivity index (χ2n) is 8.56. The monoisotopic (exact) mass is 554 g/mol. The minimum Gasteiger partial charge on any atom is -0.488 e. The van der Waals surface area contributed by atoms with E-state index in [0.29, 0.717) is 30.4 Å². The highest BCUT2D eigenvalue weighted by molar-refractivity contribution is 7.92. The van der Waals surface area contributed by atoms with Gasteiger partial charge in [0.05, 0.1) is 30.0 Å². The molecule has 1 amide bonds. The van der Waals surface area contributed by atoms with Crippen molar-refractivity contribution in [3.8, 4) is 16.9 Å². The van der Waals surface area contributed by atoms with E-state index < -0.39 is 10.0 Å². The number of ether oxygens (including phenoxy) is 2. The average molecular weight is 555 g/mol. The fourth-order valence-electron chi connectivity index (χ4n) is 4.10. The Morgan fingerprint density at radius 2 is 1.81 bits per heavy atom. The van der Waals surface area contributed by atoms with E-state index in [-0.39, 0.29) is 16.6 Å². The number of nitrogens with one attached hydrogen (secondary N) is 2. The van der Waals surface area contributed by atoms with Gasteiger partial charge in [0.2, 0.25) is 10.0 Å². The number of halogens is 1. The Morgan fingerprint density at radius 1 is 1.03 bits per heavy atom. The van der Waals surface area contributed by atoms with Gasteiger partial charge in [-0.25, -0.2) is 8.42 Å². The van der Waals surface area contributed by atoms with Gasteiger partial charge in [0.15, 0.2) is 0 Å². The van der Waals surface area contributed by atoms with Gasteiger partial charge in [0.1, 0.15) is 12.4 Å². The number of fused-ring (bicyclic) bond motifs is 3. The number of hydrogen-bond acceptors (Lipinski definition) is 6. The van der Waals surface area contributed by atoms with Crippen molar-refractivity contribution in [2.75, 3.05) is 16.3 Å². The SMILES string of the molecule is CS(=O)(=O)Nc1cc(Cl)cc(NC(=O)c2cc3c(s2)COCc2cccc(OCc4ccccc4)c2-3)c1. The Morgan fingerprint density at radius 3 is 2.59 bits per heavy atom. The van der Waals surface area contributed by atoms with E-state index in [9.17, 15) is 13.2 Å². The first-order chi connectivity index (χ1) is 17.7. The van der Waals surface area contributed by atoms with Crippen LogP contribution in [0.25, 0.3) is 11.1 Å². The Hall–Kier alpha value is -3.37. The minimum atomic E-state index is -3.50. The molecule has 3 aromatic carbocycles. The first kappa shape index (κ1) is 25.3. The lowest BCUT2D eigenvalue weighted by atomic mass is 9.99. The van der Waals surface area contributed by atoms with Crippen molar-refractivity contribution in [1.82, 2.24) is 0 Å². The van der Waals surface area contributed by atoms with E-state index in [1.807, 2.05) is 54.6 Å². The standard InChI is InChI=1S/C27H23ClN2O5S2/c1-37(32,33)30-21-11-19(28)10-20(12-21)29-27(31)24-13-22-25(36-24)16-34-15-18-8-5-9-23(26(18)22)35-14-17-6-3-2-4-7-17/h2-13,30H,14-16H2,1H3,(H,29,31). The van der Waals surface area contributed by atoms with E-state index in [1.165, 1.54) is 23.5 Å². The second kappa shape index (κ2) is 10.5. The lowest BCUT2D eigenvalue weighted by Crippen LogP contribution is -2.12. The third-order valence-electron chi connectivity index (χ3n) is 5.60. The quantitative estimate of drug-likeness (QED) is 0.279. The maximum atomic E-state index is 13.2. The van der Waals surface area contributed by atoms with Crippen LogP contribution in [0.5, 0.6) is 5.75 Å². The highest BCUT2D eigenvalue weighted by Gasteiger charge is 2.24. The molecule has 0 saturated heterocycles. The van der Waals surface area contributed by atoms with Crippen LogP contribution < -0.4 is 14.8 Å². The largest absolute Gasteiger partial charge is 0.488 e. The molecule has 0 atom stereocenters. The van der Waals surface area contributed by atoms with Gasteiger partial charge >= 0.3 is 0 Å². The molecular weight excluding hydrogens is 532 g/mol. The zero-order chi connectivity index (χ0) is 26.0. The number of hydrogen-bond donors (Lipinski definition) is 2. The fourth-order valence-corrected chi connectivity index (χ4v) is 5.88. The minimum absolute atomic E-state index is 0.259. The van der Waals surface area contributed by atoms with Gasteiger partial charge in [-0.1, -0.05) is 54.1 Å². The number of carbonyl (C=O) groups excluding carboxylic acids is 1. The van der Waals surface area contributed by atoms with E-state index >= 15 is 0 Å². The highest BCUT2D eigenvalue weighted by Crippen LogP contribution is 2.42. The average Bonchev–Trinajstić information content (AvgIpc) is 3.18. The number of benzene rings is 3. The molecule has 0 fully saturated rings. The van der Waals surface area contributed by atoms with Crippen LogP contribution in [-0.2, 0) is 34.6 Å². The molecule has 0 saturated carbocycles. The van der Waals surface area contributed by atoms with E-state index in [2.05, 4.69) is 10.0 Å². The molecule has 1 aliphatic rings. The van der Waals surface area contributed by atoms with Crippen LogP contribution in [0.3, 0.4) is 0 Å². The Balaban J connectivity index is 1.43.